The number of hydrogen-bond acceptors (Lipinski definition) is 3. The molecule has 0 bridgehead atoms. The molecule has 1 saturated carbocycles. The normalized spacial score (nSPS) is 18.7. The van der Waals surface area contributed by atoms with Crippen LogP contribution in [-0.4, -0.2) is 50.9 Å². The van der Waals surface area contributed by atoms with E-state index < -0.39 is 17.8 Å². The number of benzene rings is 4. The Balaban J connectivity index is 1.36. The van der Waals surface area contributed by atoms with Gasteiger partial charge in [-0.05, 0) is 82.9 Å². The number of rotatable bonds is 8. The summed E-state index contributed by atoms with van der Waals surface area (Å²) in [6.45, 7) is 10.7. The monoisotopic (exact) mass is 716 g/mol. The van der Waals surface area contributed by atoms with Crippen LogP contribution >= 0.6 is 0 Å². The minimum absolute atomic E-state index is 0.0486. The van der Waals surface area contributed by atoms with Crippen LogP contribution in [0.25, 0.3) is 55.5 Å². The Labute approximate surface area is 316 Å². The molecule has 3 heterocycles. The van der Waals surface area contributed by atoms with Crippen molar-refractivity contribution in [2.24, 2.45) is 11.8 Å². The largest absolute Gasteiger partial charge is 0.340 e. The van der Waals surface area contributed by atoms with E-state index in [1.807, 2.05) is 0 Å². The molecule has 2 aromatic heterocycles. The minimum atomic E-state index is -0.623. The average molecular weight is 717 g/mol. The number of carbonyl (C=O) groups is 3. The highest BCUT2D eigenvalue weighted by atomic mass is 16.2. The summed E-state index contributed by atoms with van der Waals surface area (Å²) < 4.78 is 4.84. The van der Waals surface area contributed by atoms with Crippen LogP contribution in [0.15, 0.2) is 107 Å². The lowest BCUT2D eigenvalue weighted by Gasteiger charge is -2.30. The molecule has 1 aliphatic heterocycles. The molecule has 4 aromatic carbocycles. The molecule has 54 heavy (non-hydrogen) atoms. The summed E-state index contributed by atoms with van der Waals surface area (Å²) in [7, 11) is 2.90. The molecule has 4 amide bonds. The van der Waals surface area contributed by atoms with Gasteiger partial charge in [-0.2, -0.15) is 0 Å². The summed E-state index contributed by atoms with van der Waals surface area (Å²) in [6, 6.07) is 25.3. The summed E-state index contributed by atoms with van der Waals surface area (Å²) in [5.74, 6) is -0.212. The first-order valence-corrected chi connectivity index (χ1v) is 19.3. The van der Waals surface area contributed by atoms with Crippen LogP contribution in [0.2, 0.25) is 0 Å². The number of hydrogen-bond donors (Lipinski definition) is 0. The van der Waals surface area contributed by atoms with Crippen molar-refractivity contribution in [1.82, 2.24) is 18.9 Å². The fourth-order valence-electron chi connectivity index (χ4n) is 8.86. The van der Waals surface area contributed by atoms with Gasteiger partial charge >= 0.3 is 6.03 Å². The molecule has 7 nitrogen and oxygen atoms in total. The van der Waals surface area contributed by atoms with Crippen LogP contribution in [0.1, 0.15) is 53.4 Å². The van der Waals surface area contributed by atoms with E-state index in [2.05, 4.69) is 134 Å². The molecule has 8 rings (SSSR count). The van der Waals surface area contributed by atoms with E-state index >= 15 is 0 Å². The molecular weight excluding hydrogens is 669 g/mol. The molecule has 0 N–H and O–H groups in total. The molecule has 0 radical (unpaired) electrons. The highest BCUT2D eigenvalue weighted by Crippen LogP contribution is 2.40. The van der Waals surface area contributed by atoms with E-state index in [1.54, 1.807) is 0 Å². The summed E-state index contributed by atoms with van der Waals surface area (Å²) in [5, 5.41) is 9.49. The third-order valence-corrected chi connectivity index (χ3v) is 11.4. The zero-order valence-electron chi connectivity index (χ0n) is 32.1. The van der Waals surface area contributed by atoms with Crippen molar-refractivity contribution in [3.8, 4) is 0 Å². The summed E-state index contributed by atoms with van der Waals surface area (Å²) in [5.41, 5.74) is 4.92. The van der Waals surface area contributed by atoms with Gasteiger partial charge in [0.1, 0.15) is 5.57 Å². The molecule has 2 aliphatic rings. The van der Waals surface area contributed by atoms with Crippen molar-refractivity contribution in [2.45, 2.75) is 66.5 Å². The van der Waals surface area contributed by atoms with E-state index in [0.717, 1.165) is 57.6 Å². The lowest BCUT2D eigenvalue weighted by Crippen LogP contribution is -2.53. The molecular formula is C47H48N4O3. The Bertz CT molecular complexity index is 2680. The van der Waals surface area contributed by atoms with Gasteiger partial charge in [-0.1, -0.05) is 107 Å². The maximum atomic E-state index is 13.9. The molecule has 274 valence electrons. The second-order valence-corrected chi connectivity index (χ2v) is 15.6. The molecule has 2 fully saturated rings. The first kappa shape index (κ1) is 35.3. The van der Waals surface area contributed by atoms with Gasteiger partial charge in [0.25, 0.3) is 11.8 Å². The van der Waals surface area contributed by atoms with Crippen molar-refractivity contribution in [3.05, 3.63) is 118 Å². The van der Waals surface area contributed by atoms with Crippen LogP contribution in [-0.2, 0) is 22.7 Å². The fraction of sp³-hybridized carbons (Fsp3) is 0.298. The van der Waals surface area contributed by atoms with Gasteiger partial charge in [-0.3, -0.25) is 19.4 Å². The predicted molar refractivity (Wildman–Crippen MR) is 221 cm³/mol. The molecule has 7 heteroatoms. The van der Waals surface area contributed by atoms with Gasteiger partial charge in [-0.25, -0.2) is 4.79 Å². The third kappa shape index (κ3) is 5.77. The van der Waals surface area contributed by atoms with Crippen LogP contribution in [0.5, 0.6) is 0 Å². The van der Waals surface area contributed by atoms with Crippen molar-refractivity contribution >= 4 is 73.3 Å². The fourth-order valence-corrected chi connectivity index (χ4v) is 8.86. The van der Waals surface area contributed by atoms with Gasteiger partial charge in [0.05, 0.1) is 0 Å². The number of imide groups is 2. The number of nitrogens with zero attached hydrogens (tertiary/aromatic N) is 4. The van der Waals surface area contributed by atoms with Crippen LogP contribution < -0.4 is 10.7 Å². The lowest BCUT2D eigenvalue weighted by molar-refractivity contribution is -0.134. The van der Waals surface area contributed by atoms with E-state index in [4.69, 9.17) is 0 Å². The number of urea groups is 1. The second kappa shape index (κ2) is 13.9. The Morgan fingerprint density at radius 3 is 1.54 bits per heavy atom. The third-order valence-electron chi connectivity index (χ3n) is 11.4. The van der Waals surface area contributed by atoms with Crippen LogP contribution in [0.3, 0.4) is 0 Å². The Morgan fingerprint density at radius 1 is 0.611 bits per heavy atom. The number of barbiturate groups is 1. The molecule has 6 aromatic rings. The zero-order chi connectivity index (χ0) is 37.8. The summed E-state index contributed by atoms with van der Waals surface area (Å²) in [6.07, 6.45) is 12.1. The van der Waals surface area contributed by atoms with Gasteiger partial charge in [-0.15, -0.1) is 0 Å². The number of carbonyl (C=O) groups excluding carboxylic acids is 3. The van der Waals surface area contributed by atoms with Gasteiger partial charge in [0, 0.05) is 70.5 Å². The standard InChI is InChI=1S/C47H48N4O3/c1-7-12-30(4)28-51-38(36-18-9-14-32-16-11-20-40(51)43(32)36)26-24-34-22-21-33(41(34)44-45(52)48(5)47(54)49(6)46(44)53)23-25-37-35-17-8-13-31-15-10-19-39(42(31)35)50(37)27-29(2)3/h8-11,13-20,23-26,29-30H,7,12,21-22,27-28H2,1-6H3/b33-23?,34-24-,37-25+,38-26+. The topological polar surface area (TPSA) is 67.6 Å². The summed E-state index contributed by atoms with van der Waals surface area (Å²) in [4.78, 5) is 42.9. The molecule has 1 saturated heterocycles. The number of amides is 4. The minimum Gasteiger partial charge on any atom is -0.340 e. The van der Waals surface area contributed by atoms with E-state index in [9.17, 15) is 14.4 Å². The summed E-state index contributed by atoms with van der Waals surface area (Å²) >= 11 is 0. The highest BCUT2D eigenvalue weighted by molar-refractivity contribution is 6.29. The quantitative estimate of drug-likeness (QED) is 0.117. The second-order valence-electron chi connectivity index (χ2n) is 15.6. The maximum Gasteiger partial charge on any atom is 0.333 e. The van der Waals surface area contributed by atoms with E-state index in [0.29, 0.717) is 30.3 Å². The first-order chi connectivity index (χ1) is 26.1. The number of aromatic nitrogens is 2. The van der Waals surface area contributed by atoms with Crippen molar-refractivity contribution in [2.75, 3.05) is 14.1 Å². The van der Waals surface area contributed by atoms with Gasteiger partial charge in [0.2, 0.25) is 0 Å². The molecule has 0 spiro atoms. The number of allylic oxidation sites excluding steroid dienone is 5. The molecule has 1 aliphatic carbocycles. The smallest absolute Gasteiger partial charge is 0.333 e. The highest BCUT2D eigenvalue weighted by Gasteiger charge is 2.42. The first-order valence-electron chi connectivity index (χ1n) is 19.3. The SMILES string of the molecule is CCCC(C)Cn1/c(=C/C=C2/CCC(=C/C=c3\c4cccc5cccc(c54)n3CC(C)C)C2=C2C(=O)N(C)C(=O)N(C)C2=O)c2cccc3cccc1c32. The van der Waals surface area contributed by atoms with Crippen molar-refractivity contribution < 1.29 is 14.4 Å². The Kier molecular flexibility index (Phi) is 9.13. The average Bonchev–Trinajstić information content (AvgIpc) is 3.80. The van der Waals surface area contributed by atoms with Gasteiger partial charge < -0.3 is 9.13 Å². The van der Waals surface area contributed by atoms with E-state index in [-0.39, 0.29) is 5.57 Å². The van der Waals surface area contributed by atoms with Crippen molar-refractivity contribution in [1.29, 1.82) is 0 Å². The molecule has 1 unspecified atom stereocenters. The Hall–Kier alpha value is -5.69. The van der Waals surface area contributed by atoms with Gasteiger partial charge in [0.15, 0.2) is 0 Å². The van der Waals surface area contributed by atoms with E-state index in [1.165, 1.54) is 57.4 Å². The maximum absolute atomic E-state index is 13.9. The van der Waals surface area contributed by atoms with Crippen molar-refractivity contribution in [3.63, 3.8) is 0 Å². The zero-order valence-corrected chi connectivity index (χ0v) is 32.1. The predicted octanol–water partition coefficient (Wildman–Crippen LogP) is 8.69. The number of likely N-dealkylation sites (N-methyl/N-ethyl adjacent to an activating group) is 2. The molecule has 1 atom stereocenters. The lowest BCUT2D eigenvalue weighted by atomic mass is 9.95. The Morgan fingerprint density at radius 2 is 1.07 bits per heavy atom. The van der Waals surface area contributed by atoms with Crippen LogP contribution in [0.4, 0.5) is 4.79 Å². The van der Waals surface area contributed by atoms with Crippen LogP contribution in [0, 0.1) is 11.8 Å².